The fourth-order valence-corrected chi connectivity index (χ4v) is 2.75. The third-order valence-electron chi connectivity index (χ3n) is 2.17. The molecule has 74 valence electrons. The van der Waals surface area contributed by atoms with Gasteiger partial charge in [-0.1, -0.05) is 27.6 Å². The van der Waals surface area contributed by atoms with E-state index in [1.165, 1.54) is 11.3 Å². The Morgan fingerprint density at radius 2 is 2.00 bits per heavy atom. The summed E-state index contributed by atoms with van der Waals surface area (Å²) in [4.78, 5) is 0. The summed E-state index contributed by atoms with van der Waals surface area (Å²) >= 11 is 5.31. The zero-order chi connectivity index (χ0) is 9.97. The summed E-state index contributed by atoms with van der Waals surface area (Å²) in [5.74, 6) is 1.09. The van der Waals surface area contributed by atoms with Crippen LogP contribution in [0.1, 0.15) is 6.92 Å². The van der Waals surface area contributed by atoms with Crippen molar-refractivity contribution in [3.8, 4) is 0 Å². The van der Waals surface area contributed by atoms with Crippen LogP contribution in [-0.4, -0.2) is 12.3 Å². The van der Waals surface area contributed by atoms with Crippen molar-refractivity contribution in [2.24, 2.45) is 0 Å². The molecule has 0 unspecified atom stereocenters. The van der Waals surface area contributed by atoms with E-state index in [2.05, 4.69) is 57.5 Å². The van der Waals surface area contributed by atoms with Gasteiger partial charge >= 0.3 is 0 Å². The summed E-state index contributed by atoms with van der Waals surface area (Å²) in [7, 11) is 0. The van der Waals surface area contributed by atoms with E-state index in [-0.39, 0.29) is 0 Å². The van der Waals surface area contributed by atoms with E-state index in [9.17, 15) is 0 Å². The standard InChI is InChI=1S/C11H12BrNS/c1-9-6-7-14-13(8-9)11-4-2-10(12)3-5-11/h2-6H,7-8H2,1H3. The molecule has 0 aliphatic carbocycles. The van der Waals surface area contributed by atoms with Gasteiger partial charge in [0.05, 0.1) is 6.54 Å². The minimum Gasteiger partial charge on any atom is -0.312 e. The second-order valence-corrected chi connectivity index (χ2v) is 5.31. The van der Waals surface area contributed by atoms with Gasteiger partial charge in [0.15, 0.2) is 0 Å². The summed E-state index contributed by atoms with van der Waals surface area (Å²) in [5, 5.41) is 0. The fraction of sp³-hybridized carbons (Fsp3) is 0.273. The lowest BCUT2D eigenvalue weighted by atomic mass is 10.2. The Morgan fingerprint density at radius 3 is 2.64 bits per heavy atom. The van der Waals surface area contributed by atoms with Crippen molar-refractivity contribution >= 4 is 33.6 Å². The summed E-state index contributed by atoms with van der Waals surface area (Å²) in [6.45, 7) is 3.22. The van der Waals surface area contributed by atoms with E-state index in [1.54, 1.807) is 0 Å². The van der Waals surface area contributed by atoms with Gasteiger partial charge in [-0.2, -0.15) is 0 Å². The molecule has 0 spiro atoms. The molecule has 0 N–H and O–H groups in total. The third-order valence-corrected chi connectivity index (χ3v) is 3.67. The Labute approximate surface area is 97.4 Å². The molecule has 0 bridgehead atoms. The van der Waals surface area contributed by atoms with Gasteiger partial charge in [0.2, 0.25) is 0 Å². The van der Waals surface area contributed by atoms with Crippen LogP contribution in [-0.2, 0) is 0 Å². The summed E-state index contributed by atoms with van der Waals surface area (Å²) in [5.41, 5.74) is 2.73. The van der Waals surface area contributed by atoms with Crippen LogP contribution in [0.5, 0.6) is 0 Å². The fourth-order valence-electron chi connectivity index (χ4n) is 1.38. The van der Waals surface area contributed by atoms with Crippen molar-refractivity contribution < 1.29 is 0 Å². The number of halogens is 1. The molecule has 1 aliphatic heterocycles. The second kappa shape index (κ2) is 4.41. The van der Waals surface area contributed by atoms with Gasteiger partial charge in [-0.25, -0.2) is 0 Å². The Balaban J connectivity index is 2.16. The quantitative estimate of drug-likeness (QED) is 0.563. The lowest BCUT2D eigenvalue weighted by Gasteiger charge is -2.26. The predicted molar refractivity (Wildman–Crippen MR) is 67.7 cm³/mol. The molecule has 0 amide bonds. The molecule has 0 saturated heterocycles. The van der Waals surface area contributed by atoms with Crippen molar-refractivity contribution in [3.05, 3.63) is 40.4 Å². The largest absolute Gasteiger partial charge is 0.312 e. The maximum absolute atomic E-state index is 3.44. The Morgan fingerprint density at radius 1 is 1.29 bits per heavy atom. The van der Waals surface area contributed by atoms with Crippen molar-refractivity contribution in [2.45, 2.75) is 6.92 Å². The van der Waals surface area contributed by atoms with Crippen LogP contribution < -0.4 is 4.31 Å². The molecule has 0 fully saturated rings. The molecule has 0 aromatic heterocycles. The number of benzene rings is 1. The lowest BCUT2D eigenvalue weighted by Crippen LogP contribution is -2.20. The molecule has 1 nitrogen and oxygen atoms in total. The highest BCUT2D eigenvalue weighted by Crippen LogP contribution is 2.28. The molecule has 0 atom stereocenters. The van der Waals surface area contributed by atoms with Gasteiger partial charge in [0.25, 0.3) is 0 Å². The lowest BCUT2D eigenvalue weighted by molar-refractivity contribution is 1.09. The molecule has 0 saturated carbocycles. The maximum Gasteiger partial charge on any atom is 0.0503 e. The van der Waals surface area contributed by atoms with Gasteiger partial charge < -0.3 is 4.31 Å². The van der Waals surface area contributed by atoms with E-state index in [1.807, 2.05) is 11.9 Å². The smallest absolute Gasteiger partial charge is 0.0503 e. The summed E-state index contributed by atoms with van der Waals surface area (Å²) < 4.78 is 3.47. The van der Waals surface area contributed by atoms with Crippen LogP contribution in [0.2, 0.25) is 0 Å². The zero-order valence-corrected chi connectivity index (χ0v) is 10.4. The van der Waals surface area contributed by atoms with Gasteiger partial charge in [-0.05, 0) is 43.1 Å². The van der Waals surface area contributed by atoms with Crippen LogP contribution in [0.4, 0.5) is 5.69 Å². The Kier molecular flexibility index (Phi) is 3.19. The van der Waals surface area contributed by atoms with E-state index >= 15 is 0 Å². The monoisotopic (exact) mass is 269 g/mol. The van der Waals surface area contributed by atoms with E-state index < -0.39 is 0 Å². The minimum atomic E-state index is 1.03. The third kappa shape index (κ3) is 2.34. The first-order valence-electron chi connectivity index (χ1n) is 4.57. The topological polar surface area (TPSA) is 3.24 Å². The molecular formula is C11H12BrNS. The van der Waals surface area contributed by atoms with Gasteiger partial charge in [-0.3, -0.25) is 0 Å². The van der Waals surface area contributed by atoms with Crippen molar-refractivity contribution in [1.29, 1.82) is 0 Å². The zero-order valence-electron chi connectivity index (χ0n) is 8.03. The van der Waals surface area contributed by atoms with Gasteiger partial charge in [0, 0.05) is 15.9 Å². The highest BCUT2D eigenvalue weighted by atomic mass is 79.9. The molecule has 1 aliphatic rings. The maximum atomic E-state index is 3.44. The number of rotatable bonds is 1. The van der Waals surface area contributed by atoms with Crippen molar-refractivity contribution in [3.63, 3.8) is 0 Å². The second-order valence-electron chi connectivity index (χ2n) is 3.36. The van der Waals surface area contributed by atoms with Crippen LogP contribution >= 0.6 is 27.9 Å². The highest BCUT2D eigenvalue weighted by Gasteiger charge is 2.10. The molecule has 1 aromatic rings. The van der Waals surface area contributed by atoms with Crippen LogP contribution in [0.3, 0.4) is 0 Å². The molecule has 14 heavy (non-hydrogen) atoms. The van der Waals surface area contributed by atoms with E-state index in [0.29, 0.717) is 0 Å². The summed E-state index contributed by atoms with van der Waals surface area (Å²) in [6.07, 6.45) is 2.29. The molecule has 3 heteroatoms. The van der Waals surface area contributed by atoms with Gasteiger partial charge in [0.1, 0.15) is 0 Å². The van der Waals surface area contributed by atoms with E-state index in [0.717, 1.165) is 16.8 Å². The van der Waals surface area contributed by atoms with Crippen LogP contribution in [0.15, 0.2) is 40.4 Å². The summed E-state index contributed by atoms with van der Waals surface area (Å²) in [6, 6.07) is 8.47. The average Bonchev–Trinajstić information content (AvgIpc) is 2.19. The molecule has 2 rings (SSSR count). The first kappa shape index (κ1) is 10.1. The Hall–Kier alpha value is -0.410. The first-order valence-corrected chi connectivity index (χ1v) is 6.31. The SMILES string of the molecule is CC1=CCSN(c2ccc(Br)cc2)C1. The van der Waals surface area contributed by atoms with Crippen LogP contribution in [0.25, 0.3) is 0 Å². The Bertz CT molecular complexity index is 345. The molecule has 1 heterocycles. The molecule has 0 radical (unpaired) electrons. The molecule has 1 aromatic carbocycles. The predicted octanol–water partition coefficient (Wildman–Crippen LogP) is 3.86. The minimum absolute atomic E-state index is 1.03. The number of nitrogens with zero attached hydrogens (tertiary/aromatic N) is 1. The molecular weight excluding hydrogens is 258 g/mol. The number of hydrogen-bond donors (Lipinski definition) is 0. The van der Waals surface area contributed by atoms with Crippen molar-refractivity contribution in [2.75, 3.05) is 16.6 Å². The average molecular weight is 270 g/mol. The van der Waals surface area contributed by atoms with Gasteiger partial charge in [-0.15, -0.1) is 0 Å². The normalized spacial score (nSPS) is 16.7. The first-order chi connectivity index (χ1) is 6.75. The number of hydrogen-bond acceptors (Lipinski definition) is 2. The van der Waals surface area contributed by atoms with E-state index in [4.69, 9.17) is 0 Å². The highest BCUT2D eigenvalue weighted by molar-refractivity contribution is 9.10. The van der Waals surface area contributed by atoms with Crippen molar-refractivity contribution in [1.82, 2.24) is 0 Å². The van der Waals surface area contributed by atoms with Crippen LogP contribution in [0, 0.1) is 0 Å². The number of anilines is 1.